The van der Waals surface area contributed by atoms with Crippen molar-refractivity contribution in [3.8, 4) is 5.75 Å². The Labute approximate surface area is 137 Å². The van der Waals surface area contributed by atoms with Gasteiger partial charge in [-0.3, -0.25) is 5.10 Å². The minimum absolute atomic E-state index is 0.236. The molecule has 0 atom stereocenters. The second kappa shape index (κ2) is 7.14. The van der Waals surface area contributed by atoms with Crippen molar-refractivity contribution in [2.24, 2.45) is 0 Å². The molecule has 23 heavy (non-hydrogen) atoms. The number of H-pyrrole nitrogens is 1. The number of nitrogens with zero attached hydrogens (tertiary/aromatic N) is 1. The standard InChI is InChI=1S/C16H23N3O3S/c1-5-22-15-7-6-14(10-11(15)2)8-9-17-23(20,21)16-12(3)18-19-13(16)4/h6-7,10,17H,5,8-9H2,1-4H3,(H,18,19). The van der Waals surface area contributed by atoms with Crippen LogP contribution in [0.25, 0.3) is 0 Å². The van der Waals surface area contributed by atoms with E-state index in [4.69, 9.17) is 4.74 Å². The summed E-state index contributed by atoms with van der Waals surface area (Å²) < 4.78 is 32.8. The molecule has 1 aromatic carbocycles. The second-order valence-electron chi connectivity index (χ2n) is 5.44. The van der Waals surface area contributed by atoms with Crippen LogP contribution in [0.5, 0.6) is 5.75 Å². The monoisotopic (exact) mass is 337 g/mol. The molecule has 2 N–H and O–H groups in total. The Balaban J connectivity index is 2.01. The lowest BCUT2D eigenvalue weighted by atomic mass is 10.1. The van der Waals surface area contributed by atoms with Gasteiger partial charge >= 0.3 is 0 Å². The Morgan fingerprint density at radius 1 is 1.26 bits per heavy atom. The molecular formula is C16H23N3O3S. The van der Waals surface area contributed by atoms with E-state index in [9.17, 15) is 8.42 Å². The summed E-state index contributed by atoms with van der Waals surface area (Å²) in [4.78, 5) is 0.236. The van der Waals surface area contributed by atoms with Gasteiger partial charge in [0.15, 0.2) is 0 Å². The molecule has 126 valence electrons. The van der Waals surface area contributed by atoms with Gasteiger partial charge in [0.05, 0.1) is 18.0 Å². The number of hydrogen-bond donors (Lipinski definition) is 2. The van der Waals surface area contributed by atoms with E-state index < -0.39 is 10.0 Å². The minimum atomic E-state index is -3.54. The number of aryl methyl sites for hydroxylation is 3. The quantitative estimate of drug-likeness (QED) is 0.811. The molecule has 0 spiro atoms. The molecular weight excluding hydrogens is 314 g/mol. The molecule has 1 heterocycles. The zero-order valence-electron chi connectivity index (χ0n) is 13.9. The predicted octanol–water partition coefficient (Wildman–Crippen LogP) is 2.25. The van der Waals surface area contributed by atoms with Crippen molar-refractivity contribution in [1.82, 2.24) is 14.9 Å². The first kappa shape index (κ1) is 17.5. The largest absolute Gasteiger partial charge is 0.494 e. The van der Waals surface area contributed by atoms with Gasteiger partial charge in [-0.25, -0.2) is 13.1 Å². The Kier molecular flexibility index (Phi) is 5.43. The van der Waals surface area contributed by atoms with Gasteiger partial charge in [-0.2, -0.15) is 5.10 Å². The van der Waals surface area contributed by atoms with Crippen molar-refractivity contribution in [3.63, 3.8) is 0 Å². The highest BCUT2D eigenvalue weighted by atomic mass is 32.2. The van der Waals surface area contributed by atoms with Crippen molar-refractivity contribution >= 4 is 10.0 Å². The summed E-state index contributed by atoms with van der Waals surface area (Å²) in [7, 11) is -3.54. The minimum Gasteiger partial charge on any atom is -0.494 e. The fraction of sp³-hybridized carbons (Fsp3) is 0.438. The zero-order valence-corrected chi connectivity index (χ0v) is 14.8. The van der Waals surface area contributed by atoms with Crippen molar-refractivity contribution in [3.05, 3.63) is 40.7 Å². The van der Waals surface area contributed by atoms with E-state index in [0.717, 1.165) is 16.9 Å². The summed E-state index contributed by atoms with van der Waals surface area (Å²) >= 11 is 0. The van der Waals surface area contributed by atoms with Crippen LogP contribution < -0.4 is 9.46 Å². The van der Waals surface area contributed by atoms with Gasteiger partial charge < -0.3 is 4.74 Å². The molecule has 7 heteroatoms. The van der Waals surface area contributed by atoms with Gasteiger partial charge in [-0.1, -0.05) is 12.1 Å². The topological polar surface area (TPSA) is 84.1 Å². The molecule has 0 unspecified atom stereocenters. The van der Waals surface area contributed by atoms with E-state index >= 15 is 0 Å². The lowest BCUT2D eigenvalue weighted by Gasteiger charge is -2.10. The maximum atomic E-state index is 12.3. The molecule has 0 bridgehead atoms. The summed E-state index contributed by atoms with van der Waals surface area (Å²) in [6.45, 7) is 8.26. The molecule has 6 nitrogen and oxygen atoms in total. The summed E-state index contributed by atoms with van der Waals surface area (Å²) in [6, 6.07) is 5.90. The number of ether oxygens (including phenoxy) is 1. The second-order valence-corrected chi connectivity index (χ2v) is 7.15. The van der Waals surface area contributed by atoms with Crippen LogP contribution in [-0.4, -0.2) is 31.8 Å². The van der Waals surface area contributed by atoms with Crippen molar-refractivity contribution < 1.29 is 13.2 Å². The molecule has 0 amide bonds. The fourth-order valence-electron chi connectivity index (χ4n) is 2.52. The van der Waals surface area contributed by atoms with Gasteiger partial charge in [-0.05, 0) is 51.3 Å². The van der Waals surface area contributed by atoms with Crippen LogP contribution in [0.3, 0.4) is 0 Å². The molecule has 0 aliphatic heterocycles. The smallest absolute Gasteiger partial charge is 0.244 e. The van der Waals surface area contributed by atoms with Crippen LogP contribution in [0.15, 0.2) is 23.1 Å². The highest BCUT2D eigenvalue weighted by Gasteiger charge is 2.21. The maximum absolute atomic E-state index is 12.3. The first-order chi connectivity index (χ1) is 10.8. The molecule has 0 aliphatic rings. The molecule has 2 aromatic rings. The van der Waals surface area contributed by atoms with Crippen LogP contribution in [0.2, 0.25) is 0 Å². The van der Waals surface area contributed by atoms with Crippen LogP contribution in [-0.2, 0) is 16.4 Å². The molecule has 0 fully saturated rings. The number of aromatic nitrogens is 2. The predicted molar refractivity (Wildman–Crippen MR) is 89.3 cm³/mol. The van der Waals surface area contributed by atoms with Crippen LogP contribution >= 0.6 is 0 Å². The summed E-state index contributed by atoms with van der Waals surface area (Å²) in [5.74, 6) is 0.862. The van der Waals surface area contributed by atoms with Crippen LogP contribution in [0.1, 0.15) is 29.4 Å². The zero-order chi connectivity index (χ0) is 17.0. The van der Waals surface area contributed by atoms with E-state index in [1.807, 2.05) is 32.0 Å². The number of rotatable bonds is 7. The molecule has 2 rings (SSSR count). The lowest BCUT2D eigenvalue weighted by Crippen LogP contribution is -2.26. The molecule has 1 aromatic heterocycles. The van der Waals surface area contributed by atoms with Gasteiger partial charge in [0.2, 0.25) is 10.0 Å². The number of nitrogens with one attached hydrogen (secondary N) is 2. The normalized spacial score (nSPS) is 11.7. The third kappa shape index (κ3) is 4.11. The lowest BCUT2D eigenvalue weighted by molar-refractivity contribution is 0.338. The highest BCUT2D eigenvalue weighted by molar-refractivity contribution is 7.89. The van der Waals surface area contributed by atoms with E-state index in [1.54, 1.807) is 13.8 Å². The molecule has 0 saturated heterocycles. The van der Waals surface area contributed by atoms with E-state index in [0.29, 0.717) is 31.0 Å². The average molecular weight is 337 g/mol. The Hall–Kier alpha value is -1.86. The summed E-state index contributed by atoms with van der Waals surface area (Å²) in [6.07, 6.45) is 0.614. The van der Waals surface area contributed by atoms with Crippen LogP contribution in [0, 0.1) is 20.8 Å². The first-order valence-electron chi connectivity index (χ1n) is 7.58. The van der Waals surface area contributed by atoms with Crippen molar-refractivity contribution in [1.29, 1.82) is 0 Å². The Bertz CT molecular complexity index is 762. The third-order valence-electron chi connectivity index (χ3n) is 3.57. The van der Waals surface area contributed by atoms with Crippen molar-refractivity contribution in [2.45, 2.75) is 39.0 Å². The average Bonchev–Trinajstić information content (AvgIpc) is 2.81. The Morgan fingerprint density at radius 2 is 2.00 bits per heavy atom. The van der Waals surface area contributed by atoms with E-state index in [-0.39, 0.29) is 4.90 Å². The van der Waals surface area contributed by atoms with E-state index in [2.05, 4.69) is 14.9 Å². The van der Waals surface area contributed by atoms with Gasteiger partial charge in [0, 0.05) is 6.54 Å². The molecule has 0 radical (unpaired) electrons. The highest BCUT2D eigenvalue weighted by Crippen LogP contribution is 2.20. The summed E-state index contributed by atoms with van der Waals surface area (Å²) in [5.41, 5.74) is 3.14. The number of sulfonamides is 1. The van der Waals surface area contributed by atoms with E-state index in [1.165, 1.54) is 0 Å². The van der Waals surface area contributed by atoms with Crippen LogP contribution in [0.4, 0.5) is 0 Å². The maximum Gasteiger partial charge on any atom is 0.244 e. The van der Waals surface area contributed by atoms with Gasteiger partial charge in [0.1, 0.15) is 10.6 Å². The SMILES string of the molecule is CCOc1ccc(CCNS(=O)(=O)c2c(C)n[nH]c2C)cc1C. The number of benzene rings is 1. The summed E-state index contributed by atoms with van der Waals surface area (Å²) in [5, 5.41) is 6.62. The number of hydrogen-bond acceptors (Lipinski definition) is 4. The molecule has 0 saturated carbocycles. The molecule has 0 aliphatic carbocycles. The fourth-order valence-corrected chi connectivity index (χ4v) is 3.92. The van der Waals surface area contributed by atoms with Gasteiger partial charge in [0.25, 0.3) is 0 Å². The third-order valence-corrected chi connectivity index (χ3v) is 5.30. The van der Waals surface area contributed by atoms with Gasteiger partial charge in [-0.15, -0.1) is 0 Å². The van der Waals surface area contributed by atoms with Crippen molar-refractivity contribution in [2.75, 3.05) is 13.2 Å². The first-order valence-corrected chi connectivity index (χ1v) is 9.07. The number of aromatic amines is 1. The Morgan fingerprint density at radius 3 is 2.57 bits per heavy atom.